The van der Waals surface area contributed by atoms with E-state index in [0.29, 0.717) is 0 Å². The van der Waals surface area contributed by atoms with Crippen LogP contribution in [-0.4, -0.2) is 0 Å². The van der Waals surface area contributed by atoms with Crippen LogP contribution in [0.1, 0.15) is 89.5 Å². The van der Waals surface area contributed by atoms with E-state index in [-0.39, 0.29) is 5.92 Å². The van der Waals surface area contributed by atoms with E-state index in [1.807, 2.05) is 30.3 Å². The number of nitrogens with zero attached hydrogens (tertiary/aromatic N) is 1. The van der Waals surface area contributed by atoms with Gasteiger partial charge < -0.3 is 0 Å². The van der Waals surface area contributed by atoms with Crippen LogP contribution in [0.15, 0.2) is 36.9 Å². The molecule has 1 rings (SSSR count). The first kappa shape index (κ1) is 20.5. The molecule has 24 heavy (non-hydrogen) atoms. The summed E-state index contributed by atoms with van der Waals surface area (Å²) in [6.07, 6.45) is 15.7. The van der Waals surface area contributed by atoms with Gasteiger partial charge in [0.25, 0.3) is 0 Å². The molecule has 1 atom stereocenters. The number of unbranched alkanes of at least 4 members (excludes halogenated alkanes) is 10. The Morgan fingerprint density at radius 2 is 1.38 bits per heavy atom. The summed E-state index contributed by atoms with van der Waals surface area (Å²) in [6, 6.07) is 12.6. The summed E-state index contributed by atoms with van der Waals surface area (Å²) in [4.78, 5) is 0. The molecule has 0 aliphatic carbocycles. The van der Waals surface area contributed by atoms with Gasteiger partial charge in [-0.1, -0.05) is 114 Å². The Morgan fingerprint density at radius 1 is 0.875 bits per heavy atom. The van der Waals surface area contributed by atoms with Gasteiger partial charge in [-0.25, -0.2) is 0 Å². The summed E-state index contributed by atoms with van der Waals surface area (Å²) in [5.74, 6) is -0.0361. The number of benzene rings is 1. The zero-order valence-electron chi connectivity index (χ0n) is 15.6. The summed E-state index contributed by atoms with van der Waals surface area (Å²) in [5, 5.41) is 9.41. The number of hydrogen-bond acceptors (Lipinski definition) is 1. The van der Waals surface area contributed by atoms with Crippen LogP contribution >= 0.6 is 0 Å². The first-order valence-corrected chi connectivity index (χ1v) is 9.93. The third kappa shape index (κ3) is 8.92. The standard InChI is InChI=1S/C23H35N/c1-3-4-5-6-7-8-9-10-11-12-14-19-23(20-24)21(2)22-17-15-13-16-18-22/h13,15-18,23H,2-12,14,19H2,1H3. The van der Waals surface area contributed by atoms with E-state index in [1.54, 1.807) is 0 Å². The fourth-order valence-corrected chi connectivity index (χ4v) is 3.18. The minimum absolute atomic E-state index is 0.0361. The van der Waals surface area contributed by atoms with Crippen molar-refractivity contribution in [2.24, 2.45) is 5.92 Å². The maximum atomic E-state index is 9.41. The highest BCUT2D eigenvalue weighted by molar-refractivity contribution is 5.67. The predicted molar refractivity (Wildman–Crippen MR) is 106 cm³/mol. The van der Waals surface area contributed by atoms with Gasteiger partial charge in [-0.15, -0.1) is 0 Å². The summed E-state index contributed by atoms with van der Waals surface area (Å²) in [6.45, 7) is 6.41. The Kier molecular flexibility index (Phi) is 11.8. The van der Waals surface area contributed by atoms with Crippen molar-refractivity contribution in [1.29, 1.82) is 5.26 Å². The van der Waals surface area contributed by atoms with Crippen molar-refractivity contribution in [3.63, 3.8) is 0 Å². The molecule has 0 radical (unpaired) electrons. The van der Waals surface area contributed by atoms with Crippen molar-refractivity contribution >= 4 is 5.57 Å². The first-order valence-electron chi connectivity index (χ1n) is 9.93. The maximum absolute atomic E-state index is 9.41. The van der Waals surface area contributed by atoms with Crippen molar-refractivity contribution in [3.05, 3.63) is 42.5 Å². The van der Waals surface area contributed by atoms with E-state index >= 15 is 0 Å². The quantitative estimate of drug-likeness (QED) is 0.324. The van der Waals surface area contributed by atoms with Crippen LogP contribution in [-0.2, 0) is 0 Å². The van der Waals surface area contributed by atoms with Crippen molar-refractivity contribution in [2.45, 2.75) is 84.0 Å². The highest BCUT2D eigenvalue weighted by Gasteiger charge is 2.12. The second-order valence-corrected chi connectivity index (χ2v) is 6.90. The van der Waals surface area contributed by atoms with Crippen molar-refractivity contribution in [2.75, 3.05) is 0 Å². The highest BCUT2D eigenvalue weighted by atomic mass is 14.3. The molecule has 0 spiro atoms. The van der Waals surface area contributed by atoms with Gasteiger partial charge in [0.05, 0.1) is 12.0 Å². The molecular weight excluding hydrogens is 290 g/mol. The second-order valence-electron chi connectivity index (χ2n) is 6.90. The van der Waals surface area contributed by atoms with Crippen molar-refractivity contribution in [1.82, 2.24) is 0 Å². The summed E-state index contributed by atoms with van der Waals surface area (Å²) < 4.78 is 0. The Morgan fingerprint density at radius 3 is 1.88 bits per heavy atom. The zero-order valence-corrected chi connectivity index (χ0v) is 15.6. The Labute approximate surface area is 149 Å². The lowest BCUT2D eigenvalue weighted by Crippen LogP contribution is -2.00. The summed E-state index contributed by atoms with van der Waals surface area (Å²) in [5.41, 5.74) is 2.08. The number of rotatable bonds is 14. The molecule has 0 amide bonds. The minimum atomic E-state index is -0.0361. The van der Waals surface area contributed by atoms with E-state index in [1.165, 1.54) is 64.2 Å². The van der Waals surface area contributed by atoms with Crippen LogP contribution in [0.25, 0.3) is 5.57 Å². The third-order valence-corrected chi connectivity index (χ3v) is 4.82. The molecule has 1 unspecified atom stereocenters. The van der Waals surface area contributed by atoms with E-state index in [0.717, 1.165) is 24.0 Å². The molecule has 1 aromatic rings. The Hall–Kier alpha value is -1.55. The molecule has 0 fully saturated rings. The molecular formula is C23H35N. The van der Waals surface area contributed by atoms with E-state index in [4.69, 9.17) is 0 Å². The Balaban J connectivity index is 2.05. The average molecular weight is 326 g/mol. The number of allylic oxidation sites excluding steroid dienone is 1. The fraction of sp³-hybridized carbons (Fsp3) is 0.609. The number of hydrogen-bond donors (Lipinski definition) is 0. The normalized spacial score (nSPS) is 11.8. The van der Waals surface area contributed by atoms with Crippen LogP contribution in [0.4, 0.5) is 0 Å². The molecule has 0 aliphatic heterocycles. The van der Waals surface area contributed by atoms with Gasteiger partial charge in [0.2, 0.25) is 0 Å². The van der Waals surface area contributed by atoms with Gasteiger partial charge in [-0.2, -0.15) is 5.26 Å². The molecule has 0 heterocycles. The van der Waals surface area contributed by atoms with Gasteiger partial charge in [-0.05, 0) is 17.6 Å². The van der Waals surface area contributed by atoms with Gasteiger partial charge in [0.15, 0.2) is 0 Å². The van der Waals surface area contributed by atoms with Crippen LogP contribution in [0.5, 0.6) is 0 Å². The number of nitriles is 1. The Bertz CT molecular complexity index is 469. The first-order chi connectivity index (χ1) is 11.8. The molecule has 0 aliphatic rings. The van der Waals surface area contributed by atoms with Gasteiger partial charge in [0.1, 0.15) is 0 Å². The van der Waals surface area contributed by atoms with Crippen LogP contribution in [0.3, 0.4) is 0 Å². The molecule has 0 aromatic heterocycles. The minimum Gasteiger partial charge on any atom is -0.198 e. The molecule has 0 N–H and O–H groups in total. The SMILES string of the molecule is C=C(c1ccccc1)C(C#N)CCCCCCCCCCCCC. The zero-order chi connectivity index (χ0) is 17.5. The predicted octanol–water partition coefficient (Wildman–Crippen LogP) is 7.54. The molecule has 1 nitrogen and oxygen atoms in total. The van der Waals surface area contributed by atoms with Crippen LogP contribution in [0, 0.1) is 17.2 Å². The third-order valence-electron chi connectivity index (χ3n) is 4.82. The fourth-order valence-electron chi connectivity index (χ4n) is 3.18. The maximum Gasteiger partial charge on any atom is 0.0712 e. The van der Waals surface area contributed by atoms with Gasteiger partial charge in [0, 0.05) is 0 Å². The van der Waals surface area contributed by atoms with Crippen LogP contribution < -0.4 is 0 Å². The lowest BCUT2D eigenvalue weighted by molar-refractivity contribution is 0.537. The average Bonchev–Trinajstić information content (AvgIpc) is 2.63. The molecule has 0 saturated heterocycles. The van der Waals surface area contributed by atoms with Crippen molar-refractivity contribution in [3.8, 4) is 6.07 Å². The molecule has 132 valence electrons. The monoisotopic (exact) mass is 325 g/mol. The lowest BCUT2D eigenvalue weighted by Gasteiger charge is -2.12. The molecule has 1 heteroatoms. The molecule has 0 bridgehead atoms. The smallest absolute Gasteiger partial charge is 0.0712 e. The second kappa shape index (κ2) is 13.8. The summed E-state index contributed by atoms with van der Waals surface area (Å²) in [7, 11) is 0. The van der Waals surface area contributed by atoms with Gasteiger partial charge in [-0.3, -0.25) is 0 Å². The van der Waals surface area contributed by atoms with Crippen LogP contribution in [0.2, 0.25) is 0 Å². The van der Waals surface area contributed by atoms with E-state index in [2.05, 4.69) is 19.6 Å². The highest BCUT2D eigenvalue weighted by Crippen LogP contribution is 2.25. The molecule has 0 saturated carbocycles. The lowest BCUT2D eigenvalue weighted by atomic mass is 9.90. The summed E-state index contributed by atoms with van der Waals surface area (Å²) >= 11 is 0. The topological polar surface area (TPSA) is 23.8 Å². The largest absolute Gasteiger partial charge is 0.198 e. The van der Waals surface area contributed by atoms with E-state index < -0.39 is 0 Å². The van der Waals surface area contributed by atoms with E-state index in [9.17, 15) is 5.26 Å². The van der Waals surface area contributed by atoms with Gasteiger partial charge >= 0.3 is 0 Å². The molecule has 1 aromatic carbocycles. The van der Waals surface area contributed by atoms with Crippen molar-refractivity contribution < 1.29 is 0 Å².